The van der Waals surface area contributed by atoms with Crippen molar-refractivity contribution in [1.82, 2.24) is 25.5 Å². The third-order valence-corrected chi connectivity index (χ3v) is 7.72. The van der Waals surface area contributed by atoms with E-state index in [9.17, 15) is 29.1 Å². The number of benzene rings is 3. The van der Waals surface area contributed by atoms with Gasteiger partial charge in [0.15, 0.2) is 12.1 Å². The zero-order valence-electron chi connectivity index (χ0n) is 28.1. The third kappa shape index (κ3) is 11.9. The smallest absolute Gasteiger partial charge is 0.419 e. The van der Waals surface area contributed by atoms with Gasteiger partial charge in [-0.1, -0.05) is 104 Å². The molecule has 14 nitrogen and oxygen atoms in total. The molecule has 14 heteroatoms. The lowest BCUT2D eigenvalue weighted by molar-refractivity contribution is -0.149. The summed E-state index contributed by atoms with van der Waals surface area (Å²) in [5.41, 5.74) is 8.53. The van der Waals surface area contributed by atoms with Gasteiger partial charge in [-0.25, -0.2) is 19.1 Å². The molecule has 0 radical (unpaired) electrons. The average Bonchev–Trinajstić information content (AvgIpc) is 3.63. The number of amides is 3. The molecule has 0 saturated carbocycles. The first-order chi connectivity index (χ1) is 24.6. The summed E-state index contributed by atoms with van der Waals surface area (Å²) in [4.78, 5) is 68.3. The highest BCUT2D eigenvalue weighted by molar-refractivity contribution is 5.90. The number of rotatable bonds is 17. The number of carbonyl (C=O) groups is 5. The number of imidazole rings is 1. The van der Waals surface area contributed by atoms with Crippen molar-refractivity contribution >= 4 is 29.8 Å². The molecule has 4 rings (SSSR count). The monoisotopic (exact) mass is 698 g/mol. The van der Waals surface area contributed by atoms with Gasteiger partial charge in [0.2, 0.25) is 11.8 Å². The van der Waals surface area contributed by atoms with E-state index in [2.05, 4.69) is 20.9 Å². The van der Waals surface area contributed by atoms with Gasteiger partial charge in [-0.3, -0.25) is 14.4 Å². The summed E-state index contributed by atoms with van der Waals surface area (Å²) in [6, 6.07) is 23.4. The van der Waals surface area contributed by atoms with Gasteiger partial charge in [-0.2, -0.15) is 0 Å². The lowest BCUT2D eigenvalue weighted by atomic mass is 10.0. The quantitative estimate of drug-likeness (QED) is 0.102. The number of aromatic nitrogens is 2. The molecule has 3 amide bonds. The maximum atomic E-state index is 13.0. The molecule has 0 fully saturated rings. The minimum Gasteiger partial charge on any atom is -0.459 e. The Kier molecular flexibility index (Phi) is 14.4. The van der Waals surface area contributed by atoms with Gasteiger partial charge in [-0.15, -0.1) is 0 Å². The molecule has 3 aromatic carbocycles. The molecule has 1 heterocycles. The fraction of sp³-hybridized carbons (Fsp3) is 0.297. The van der Waals surface area contributed by atoms with Gasteiger partial charge >= 0.3 is 12.1 Å². The molecule has 51 heavy (non-hydrogen) atoms. The predicted octanol–water partition coefficient (Wildman–Crippen LogP) is 2.30. The summed E-state index contributed by atoms with van der Waals surface area (Å²) in [5.74, 6) is -2.96. The van der Waals surface area contributed by atoms with E-state index in [4.69, 9.17) is 15.2 Å². The number of aliphatic hydroxyl groups excluding tert-OH is 1. The summed E-state index contributed by atoms with van der Waals surface area (Å²) in [6.07, 6.45) is 0.987. The van der Waals surface area contributed by atoms with Crippen LogP contribution in [0.3, 0.4) is 0 Å². The molecular weight excluding hydrogens is 656 g/mol. The van der Waals surface area contributed by atoms with Crippen LogP contribution in [0.1, 0.15) is 48.2 Å². The van der Waals surface area contributed by atoms with Crippen LogP contribution in [0.4, 0.5) is 4.79 Å². The maximum Gasteiger partial charge on any atom is 0.419 e. The van der Waals surface area contributed by atoms with Gasteiger partial charge in [0.05, 0.1) is 24.3 Å². The number of nitrogens with zero attached hydrogens (tertiary/aromatic N) is 2. The topological polar surface area (TPSA) is 204 Å². The van der Waals surface area contributed by atoms with Crippen molar-refractivity contribution in [2.24, 2.45) is 5.73 Å². The molecule has 4 atom stereocenters. The van der Waals surface area contributed by atoms with Crippen LogP contribution < -0.4 is 21.7 Å². The van der Waals surface area contributed by atoms with Crippen LogP contribution in [0.5, 0.6) is 0 Å². The molecule has 0 saturated heterocycles. The van der Waals surface area contributed by atoms with Crippen LogP contribution in [0, 0.1) is 0 Å². The second-order valence-corrected chi connectivity index (χ2v) is 11.7. The van der Waals surface area contributed by atoms with Crippen LogP contribution in [0.2, 0.25) is 0 Å². The Hall–Kier alpha value is -5.86. The molecule has 0 aliphatic rings. The highest BCUT2D eigenvalue weighted by Crippen LogP contribution is 2.16. The third-order valence-electron chi connectivity index (χ3n) is 7.72. The number of carbonyl (C=O) groups excluding carboxylic acids is 5. The van der Waals surface area contributed by atoms with Gasteiger partial charge in [0.25, 0.3) is 5.91 Å². The summed E-state index contributed by atoms with van der Waals surface area (Å²) in [7, 11) is 0. The standard InChI is InChI=1S/C37H42N6O8/c1-2-12-30(41-34(46)29(38)19-28-21-43(24-40-28)37(49)51-23-26-15-8-4-9-16-26)33(45)35(47)39-20-31(44)42-32(27-17-10-5-11-18-27)36(48)50-22-25-13-6-3-7-14-25/h3-11,13-18,21,24,29-30,32-33,45H,2,12,19-20,22-23,38H2,1H3,(H,39,47)(H,41,46)(H,42,44)/t29?,30?,32-,33?/m0/s1. The number of aliphatic hydroxyl groups is 1. The zero-order valence-corrected chi connectivity index (χ0v) is 28.1. The molecule has 4 aromatic rings. The SMILES string of the molecule is CCCC(NC(=O)C(N)Cc1cn(C(=O)OCc2ccccc2)cn1)C(O)C(=O)NCC(=O)N[C@H](C(=O)OCc1ccccc1)c1ccccc1. The van der Waals surface area contributed by atoms with E-state index in [0.29, 0.717) is 17.7 Å². The summed E-state index contributed by atoms with van der Waals surface area (Å²) in [5, 5.41) is 18.4. The Morgan fingerprint density at radius 3 is 2.02 bits per heavy atom. The lowest BCUT2D eigenvalue weighted by Gasteiger charge is -2.25. The molecule has 3 unspecified atom stereocenters. The predicted molar refractivity (Wildman–Crippen MR) is 185 cm³/mol. The van der Waals surface area contributed by atoms with E-state index in [1.807, 2.05) is 48.5 Å². The van der Waals surface area contributed by atoms with Gasteiger partial charge < -0.3 is 36.3 Å². The number of nitrogens with two attached hydrogens (primary N) is 1. The maximum absolute atomic E-state index is 13.0. The van der Waals surface area contributed by atoms with Gasteiger partial charge in [0.1, 0.15) is 19.5 Å². The Morgan fingerprint density at radius 2 is 1.41 bits per heavy atom. The number of hydrogen-bond donors (Lipinski definition) is 5. The van der Waals surface area contributed by atoms with Crippen molar-refractivity contribution in [2.75, 3.05) is 6.54 Å². The molecule has 0 aliphatic carbocycles. The fourth-order valence-corrected chi connectivity index (χ4v) is 4.99. The minimum atomic E-state index is -1.71. The van der Waals surface area contributed by atoms with Crippen molar-refractivity contribution in [3.63, 3.8) is 0 Å². The fourth-order valence-electron chi connectivity index (χ4n) is 4.99. The van der Waals surface area contributed by atoms with Crippen LogP contribution >= 0.6 is 0 Å². The normalized spacial score (nSPS) is 13.2. The van der Waals surface area contributed by atoms with Crippen molar-refractivity contribution < 1.29 is 38.6 Å². The Bertz CT molecular complexity index is 1740. The van der Waals surface area contributed by atoms with Crippen LogP contribution in [-0.4, -0.2) is 69.2 Å². The number of hydrogen-bond acceptors (Lipinski definition) is 10. The van der Waals surface area contributed by atoms with E-state index in [0.717, 1.165) is 15.7 Å². The number of nitrogens with one attached hydrogen (secondary N) is 3. The average molecular weight is 699 g/mol. The minimum absolute atomic E-state index is 0.00306. The van der Waals surface area contributed by atoms with Crippen LogP contribution in [0.15, 0.2) is 104 Å². The van der Waals surface area contributed by atoms with E-state index in [1.165, 1.54) is 12.5 Å². The molecule has 1 aromatic heterocycles. The number of esters is 1. The molecule has 6 N–H and O–H groups in total. The molecule has 0 bridgehead atoms. The molecular formula is C37H42N6O8. The van der Waals surface area contributed by atoms with E-state index in [-0.39, 0.29) is 26.1 Å². The first kappa shape index (κ1) is 38.0. The van der Waals surface area contributed by atoms with Crippen molar-refractivity contribution in [3.05, 3.63) is 126 Å². The van der Waals surface area contributed by atoms with Crippen LogP contribution in [0.25, 0.3) is 0 Å². The van der Waals surface area contributed by atoms with E-state index < -0.39 is 60.6 Å². The van der Waals surface area contributed by atoms with Crippen molar-refractivity contribution in [2.45, 2.75) is 63.6 Å². The Morgan fingerprint density at radius 1 is 0.824 bits per heavy atom. The van der Waals surface area contributed by atoms with Crippen molar-refractivity contribution in [1.29, 1.82) is 0 Å². The second-order valence-electron chi connectivity index (χ2n) is 11.7. The van der Waals surface area contributed by atoms with Crippen molar-refractivity contribution in [3.8, 4) is 0 Å². The summed E-state index contributed by atoms with van der Waals surface area (Å²) < 4.78 is 11.9. The van der Waals surface area contributed by atoms with Gasteiger partial charge in [0, 0.05) is 12.6 Å². The highest BCUT2D eigenvalue weighted by atomic mass is 16.5. The first-order valence-electron chi connectivity index (χ1n) is 16.4. The van der Waals surface area contributed by atoms with E-state index >= 15 is 0 Å². The van der Waals surface area contributed by atoms with Gasteiger partial charge in [-0.05, 0) is 23.1 Å². The second kappa shape index (κ2) is 19.4. The summed E-state index contributed by atoms with van der Waals surface area (Å²) in [6.45, 7) is 1.32. The molecule has 0 spiro atoms. The zero-order chi connectivity index (χ0) is 36.6. The van der Waals surface area contributed by atoms with E-state index in [1.54, 1.807) is 49.4 Å². The molecule has 268 valence electrons. The van der Waals surface area contributed by atoms with Crippen LogP contribution in [-0.2, 0) is 48.3 Å². The number of ether oxygens (including phenoxy) is 2. The Balaban J connectivity index is 1.27. The molecule has 0 aliphatic heterocycles. The highest BCUT2D eigenvalue weighted by Gasteiger charge is 2.30. The summed E-state index contributed by atoms with van der Waals surface area (Å²) >= 11 is 0. The Labute approximate surface area is 295 Å². The lowest BCUT2D eigenvalue weighted by Crippen LogP contribution is -2.55. The largest absolute Gasteiger partial charge is 0.459 e. The first-order valence-corrected chi connectivity index (χ1v) is 16.4.